The van der Waals surface area contributed by atoms with Crippen molar-refractivity contribution in [2.75, 3.05) is 6.67 Å². The van der Waals surface area contributed by atoms with E-state index in [1.807, 2.05) is 0 Å². The third-order valence-corrected chi connectivity index (χ3v) is 2.64. The van der Waals surface area contributed by atoms with Crippen molar-refractivity contribution in [2.24, 2.45) is 0 Å². The Bertz CT molecular complexity index is 595. The maximum Gasteiger partial charge on any atom is 0.251 e. The van der Waals surface area contributed by atoms with Gasteiger partial charge in [0, 0.05) is 11.1 Å². The number of benzene rings is 1. The highest BCUT2D eigenvalue weighted by molar-refractivity contribution is 5.94. The van der Waals surface area contributed by atoms with Gasteiger partial charge in [0.1, 0.15) is 18.7 Å². The molecule has 0 saturated heterocycles. The summed E-state index contributed by atoms with van der Waals surface area (Å²) in [6.45, 7) is -0.160. The second-order valence-corrected chi connectivity index (χ2v) is 4.08. The lowest BCUT2D eigenvalue weighted by molar-refractivity contribution is 0.0949. The maximum atomic E-state index is 12.1. The van der Waals surface area contributed by atoms with Crippen LogP contribution >= 0.6 is 0 Å². The van der Waals surface area contributed by atoms with Crippen LogP contribution in [0.5, 0.6) is 0 Å². The summed E-state index contributed by atoms with van der Waals surface area (Å²) in [4.78, 5) is 22.3. The van der Waals surface area contributed by atoms with Gasteiger partial charge in [-0.3, -0.25) is 9.59 Å². The Morgan fingerprint density at radius 2 is 2.10 bits per heavy atom. The van der Waals surface area contributed by atoms with Crippen molar-refractivity contribution < 1.29 is 14.0 Å². The van der Waals surface area contributed by atoms with Crippen LogP contribution in [0.4, 0.5) is 4.39 Å². The lowest BCUT2D eigenvalue weighted by atomic mass is 10.1. The third kappa shape index (κ3) is 3.47. The number of aldehydes is 1. The number of aryl methyl sites for hydroxylation is 1. The van der Waals surface area contributed by atoms with Gasteiger partial charge in [-0.25, -0.2) is 9.07 Å². The molecule has 2 rings (SSSR count). The van der Waals surface area contributed by atoms with Gasteiger partial charge in [0.2, 0.25) is 0 Å². The molecule has 0 aliphatic carbocycles. The Labute approximate surface area is 114 Å². The highest BCUT2D eigenvalue weighted by Crippen LogP contribution is 2.03. The number of hydrogen-bond acceptors (Lipinski definition) is 4. The molecule has 104 valence electrons. The summed E-state index contributed by atoms with van der Waals surface area (Å²) >= 11 is 0. The summed E-state index contributed by atoms with van der Waals surface area (Å²) in [5.41, 5.74) is 1.51. The number of nitrogens with one attached hydrogen (secondary N) is 1. The SMILES string of the molecule is O=Cc1ccc(C(=O)NCc2cn(CC[18F])nn2)cc1. The molecule has 0 saturated carbocycles. The molecule has 0 atom stereocenters. The fourth-order valence-electron chi connectivity index (χ4n) is 1.60. The number of carbonyl (C=O) groups excluding carboxylic acids is 2. The Kier molecular flexibility index (Phi) is 4.54. The summed E-state index contributed by atoms with van der Waals surface area (Å²) < 4.78 is 13.5. The van der Waals surface area contributed by atoms with E-state index in [4.69, 9.17) is 0 Å². The summed E-state index contributed by atoms with van der Waals surface area (Å²) in [5, 5.41) is 10.2. The minimum atomic E-state index is -0.516. The second-order valence-electron chi connectivity index (χ2n) is 4.08. The molecular formula is C13H13FN4O2. The van der Waals surface area contributed by atoms with E-state index in [0.717, 1.165) is 0 Å². The van der Waals surface area contributed by atoms with Gasteiger partial charge in [-0.1, -0.05) is 17.3 Å². The van der Waals surface area contributed by atoms with Crippen molar-refractivity contribution in [3.63, 3.8) is 0 Å². The van der Waals surface area contributed by atoms with Crippen LogP contribution in [0.15, 0.2) is 30.5 Å². The lowest BCUT2D eigenvalue weighted by Gasteiger charge is -2.03. The van der Waals surface area contributed by atoms with Gasteiger partial charge in [-0.2, -0.15) is 0 Å². The smallest absolute Gasteiger partial charge is 0.251 e. The van der Waals surface area contributed by atoms with Gasteiger partial charge >= 0.3 is 0 Å². The van der Waals surface area contributed by atoms with Crippen LogP contribution in [0.3, 0.4) is 0 Å². The van der Waals surface area contributed by atoms with E-state index >= 15 is 0 Å². The van der Waals surface area contributed by atoms with Crippen LogP contribution in [0, 0.1) is 0 Å². The Morgan fingerprint density at radius 1 is 1.35 bits per heavy atom. The van der Waals surface area contributed by atoms with E-state index < -0.39 is 6.67 Å². The average molecular weight is 275 g/mol. The average Bonchev–Trinajstić information content (AvgIpc) is 2.93. The predicted octanol–water partition coefficient (Wildman–Crippen LogP) is 0.990. The molecule has 1 aromatic heterocycles. The zero-order valence-corrected chi connectivity index (χ0v) is 10.6. The van der Waals surface area contributed by atoms with Gasteiger partial charge in [-0.15, -0.1) is 5.10 Å². The first-order valence-electron chi connectivity index (χ1n) is 6.01. The number of hydrogen-bond donors (Lipinski definition) is 1. The topological polar surface area (TPSA) is 76.9 Å². The van der Waals surface area contributed by atoms with Crippen LogP contribution in [0.1, 0.15) is 26.4 Å². The van der Waals surface area contributed by atoms with Crippen LogP contribution in [0.2, 0.25) is 0 Å². The number of aromatic nitrogens is 3. The van der Waals surface area contributed by atoms with Crippen molar-refractivity contribution in [3.8, 4) is 0 Å². The molecule has 0 spiro atoms. The number of alkyl halides is 1. The monoisotopic (exact) mass is 275 g/mol. The summed E-state index contributed by atoms with van der Waals surface area (Å²) in [6.07, 6.45) is 2.29. The van der Waals surface area contributed by atoms with Crippen molar-refractivity contribution in [1.82, 2.24) is 20.3 Å². The fraction of sp³-hybridized carbons (Fsp3) is 0.231. The Hall–Kier alpha value is -2.57. The highest BCUT2D eigenvalue weighted by Gasteiger charge is 2.07. The van der Waals surface area contributed by atoms with E-state index in [2.05, 4.69) is 15.6 Å². The van der Waals surface area contributed by atoms with Crippen molar-refractivity contribution in [3.05, 3.63) is 47.3 Å². The van der Waals surface area contributed by atoms with Crippen LogP contribution < -0.4 is 5.32 Å². The van der Waals surface area contributed by atoms with Gasteiger partial charge < -0.3 is 5.32 Å². The van der Waals surface area contributed by atoms with E-state index in [1.54, 1.807) is 30.5 Å². The number of amides is 1. The molecule has 0 radical (unpaired) electrons. The first-order chi connectivity index (χ1) is 9.72. The molecule has 6 nitrogen and oxygen atoms in total. The number of halogens is 1. The molecular weight excluding hydrogens is 262 g/mol. The zero-order valence-electron chi connectivity index (χ0n) is 10.6. The molecule has 0 fully saturated rings. The van der Waals surface area contributed by atoms with Gasteiger partial charge in [0.05, 0.1) is 19.3 Å². The zero-order chi connectivity index (χ0) is 14.4. The maximum absolute atomic E-state index is 12.1. The Balaban J connectivity index is 1.91. The molecule has 0 unspecified atom stereocenters. The van der Waals surface area contributed by atoms with Crippen molar-refractivity contribution >= 4 is 12.2 Å². The molecule has 0 bridgehead atoms. The third-order valence-electron chi connectivity index (χ3n) is 2.64. The van der Waals surface area contributed by atoms with Crippen LogP contribution in [0.25, 0.3) is 0 Å². The number of rotatable bonds is 6. The van der Waals surface area contributed by atoms with E-state index in [-0.39, 0.29) is 19.0 Å². The first kappa shape index (κ1) is 13.9. The summed E-state index contributed by atoms with van der Waals surface area (Å²) in [5.74, 6) is -0.275. The predicted molar refractivity (Wildman–Crippen MR) is 69.0 cm³/mol. The van der Waals surface area contributed by atoms with E-state index in [1.165, 1.54) is 4.68 Å². The lowest BCUT2D eigenvalue weighted by Crippen LogP contribution is -2.22. The number of nitrogens with zero attached hydrogens (tertiary/aromatic N) is 3. The molecule has 1 amide bonds. The number of carbonyl (C=O) groups is 2. The molecule has 1 aromatic carbocycles. The van der Waals surface area contributed by atoms with E-state index in [0.29, 0.717) is 23.1 Å². The van der Waals surface area contributed by atoms with Gasteiger partial charge in [0.25, 0.3) is 5.91 Å². The largest absolute Gasteiger partial charge is 0.346 e. The van der Waals surface area contributed by atoms with Crippen molar-refractivity contribution in [1.29, 1.82) is 0 Å². The molecule has 7 heteroatoms. The molecule has 20 heavy (non-hydrogen) atoms. The van der Waals surface area contributed by atoms with Gasteiger partial charge in [0.15, 0.2) is 0 Å². The van der Waals surface area contributed by atoms with Crippen molar-refractivity contribution in [2.45, 2.75) is 13.1 Å². The molecule has 0 aliphatic heterocycles. The summed E-state index contributed by atoms with van der Waals surface area (Å²) in [7, 11) is 0. The second kappa shape index (κ2) is 6.55. The fourth-order valence-corrected chi connectivity index (χ4v) is 1.60. The quantitative estimate of drug-likeness (QED) is 0.798. The molecule has 1 heterocycles. The first-order valence-corrected chi connectivity index (χ1v) is 6.01. The van der Waals surface area contributed by atoms with Crippen LogP contribution in [-0.4, -0.2) is 33.9 Å². The minimum Gasteiger partial charge on any atom is -0.346 e. The standard InChI is InChI=1S/C13H13FN4O2/c14-5-6-18-8-12(16-17-18)7-15-13(20)11-3-1-10(9-19)2-4-11/h1-4,8-9H,5-7H2,(H,15,20)/i14-1. The molecule has 0 aliphatic rings. The van der Waals surface area contributed by atoms with Crippen LogP contribution in [-0.2, 0) is 13.1 Å². The normalized spacial score (nSPS) is 10.2. The highest BCUT2D eigenvalue weighted by atomic mass is 18.2. The summed E-state index contributed by atoms with van der Waals surface area (Å²) in [6, 6.07) is 6.27. The molecule has 2 aromatic rings. The minimum absolute atomic E-state index is 0.147. The molecule has 1 N–H and O–H groups in total. The Morgan fingerprint density at radius 3 is 2.75 bits per heavy atom. The van der Waals surface area contributed by atoms with E-state index in [9.17, 15) is 14.0 Å². The van der Waals surface area contributed by atoms with Gasteiger partial charge in [-0.05, 0) is 12.1 Å².